The van der Waals surface area contributed by atoms with E-state index in [1.807, 2.05) is 6.07 Å². The highest BCUT2D eigenvalue weighted by molar-refractivity contribution is 6.31. The van der Waals surface area contributed by atoms with Crippen LogP contribution in [0.1, 0.15) is 10.4 Å². The zero-order chi connectivity index (χ0) is 16.9. The second-order valence-electron chi connectivity index (χ2n) is 5.16. The smallest absolute Gasteiger partial charge is 0.338 e. The molecule has 0 radical (unpaired) electrons. The maximum atomic E-state index is 11.8. The number of aromatic nitrogens is 1. The first-order valence-electron chi connectivity index (χ1n) is 7.29. The zero-order valence-corrected chi connectivity index (χ0v) is 14.6. The van der Waals surface area contributed by atoms with E-state index in [1.54, 1.807) is 42.5 Å². The van der Waals surface area contributed by atoms with Crippen molar-refractivity contribution in [2.75, 3.05) is 13.2 Å². The van der Waals surface area contributed by atoms with Crippen molar-refractivity contribution >= 4 is 40.9 Å². The van der Waals surface area contributed by atoms with Gasteiger partial charge in [-0.3, -0.25) is 0 Å². The van der Waals surface area contributed by atoms with Crippen LogP contribution in [0.5, 0.6) is 5.88 Å². The number of hydrogen-bond donors (Lipinski definition) is 1. The number of nitrogens with zero attached hydrogens (tertiary/aromatic N) is 1. The molecule has 6 nitrogen and oxygen atoms in total. The standard InChI is InChI=1S/C17H15ClN2O4.ClH/c18-12-6-7-15-14(8-12)16(20-24-15)22-9-13(19)10-23-17(21)11-4-2-1-3-5-11;/h1-8,13H,9-10,19H2;1H. The third kappa shape index (κ3) is 4.85. The zero-order valence-electron chi connectivity index (χ0n) is 13.1. The molecular weight excluding hydrogens is 367 g/mol. The largest absolute Gasteiger partial charge is 0.473 e. The minimum absolute atomic E-state index is 0. The van der Waals surface area contributed by atoms with Gasteiger partial charge >= 0.3 is 5.97 Å². The average molecular weight is 383 g/mol. The summed E-state index contributed by atoms with van der Waals surface area (Å²) in [6.07, 6.45) is 0. The fraction of sp³-hybridized carbons (Fsp3) is 0.176. The van der Waals surface area contributed by atoms with Crippen LogP contribution in [0.3, 0.4) is 0 Å². The van der Waals surface area contributed by atoms with Gasteiger partial charge in [-0.15, -0.1) is 12.4 Å². The number of benzene rings is 2. The summed E-state index contributed by atoms with van der Waals surface area (Å²) in [4.78, 5) is 11.8. The Bertz CT molecular complexity index is 839. The van der Waals surface area contributed by atoms with Crippen molar-refractivity contribution in [3.8, 4) is 5.88 Å². The Balaban J connectivity index is 0.00000225. The van der Waals surface area contributed by atoms with E-state index in [4.69, 9.17) is 31.3 Å². The SMILES string of the molecule is Cl.NC(COC(=O)c1ccccc1)COc1noc2ccc(Cl)cc12. The first kappa shape index (κ1) is 19.1. The van der Waals surface area contributed by atoms with Crippen molar-refractivity contribution in [1.29, 1.82) is 0 Å². The van der Waals surface area contributed by atoms with Gasteiger partial charge in [0.1, 0.15) is 13.2 Å². The second-order valence-corrected chi connectivity index (χ2v) is 5.60. The van der Waals surface area contributed by atoms with Gasteiger partial charge in [0.05, 0.1) is 17.0 Å². The van der Waals surface area contributed by atoms with E-state index in [-0.39, 0.29) is 25.6 Å². The molecule has 0 saturated carbocycles. The summed E-state index contributed by atoms with van der Waals surface area (Å²) in [6.45, 7) is 0.153. The third-order valence-corrected chi connectivity index (χ3v) is 3.51. The van der Waals surface area contributed by atoms with Gasteiger partial charge in [0.25, 0.3) is 5.88 Å². The molecule has 0 spiro atoms. The van der Waals surface area contributed by atoms with E-state index < -0.39 is 12.0 Å². The lowest BCUT2D eigenvalue weighted by atomic mass is 10.2. The van der Waals surface area contributed by atoms with Crippen LogP contribution in [0.25, 0.3) is 11.0 Å². The van der Waals surface area contributed by atoms with E-state index in [0.29, 0.717) is 27.4 Å². The van der Waals surface area contributed by atoms with Crippen LogP contribution >= 0.6 is 24.0 Å². The molecule has 132 valence electrons. The highest BCUT2D eigenvalue weighted by Crippen LogP contribution is 2.27. The highest BCUT2D eigenvalue weighted by atomic mass is 35.5. The molecule has 2 aromatic carbocycles. The third-order valence-electron chi connectivity index (χ3n) is 3.27. The normalized spacial score (nSPS) is 11.6. The molecule has 1 atom stereocenters. The number of ether oxygens (including phenoxy) is 2. The molecular formula is C17H16Cl2N2O4. The topological polar surface area (TPSA) is 87.6 Å². The maximum Gasteiger partial charge on any atom is 0.338 e. The summed E-state index contributed by atoms with van der Waals surface area (Å²) in [6, 6.07) is 13.3. The molecule has 2 N–H and O–H groups in total. The van der Waals surface area contributed by atoms with Crippen LogP contribution in [0.15, 0.2) is 53.1 Å². The summed E-state index contributed by atoms with van der Waals surface area (Å²) in [7, 11) is 0. The van der Waals surface area contributed by atoms with Crippen LogP contribution in [-0.2, 0) is 4.74 Å². The quantitative estimate of drug-likeness (QED) is 0.656. The Morgan fingerprint density at radius 2 is 1.96 bits per heavy atom. The van der Waals surface area contributed by atoms with Crippen molar-refractivity contribution in [3.05, 3.63) is 59.1 Å². The monoisotopic (exact) mass is 382 g/mol. The number of carbonyl (C=O) groups is 1. The molecule has 0 amide bonds. The van der Waals surface area contributed by atoms with Crippen LogP contribution in [0.2, 0.25) is 5.02 Å². The number of rotatable bonds is 6. The fourth-order valence-corrected chi connectivity index (χ4v) is 2.24. The van der Waals surface area contributed by atoms with E-state index in [9.17, 15) is 4.79 Å². The molecule has 0 saturated heterocycles. The lowest BCUT2D eigenvalue weighted by molar-refractivity contribution is 0.0458. The Labute approximate surface area is 155 Å². The van der Waals surface area contributed by atoms with Crippen molar-refractivity contribution in [2.24, 2.45) is 5.73 Å². The first-order valence-corrected chi connectivity index (χ1v) is 7.67. The van der Waals surface area contributed by atoms with Crippen molar-refractivity contribution in [3.63, 3.8) is 0 Å². The molecule has 0 fully saturated rings. The Kier molecular flexibility index (Phi) is 6.64. The maximum absolute atomic E-state index is 11.8. The number of carbonyl (C=O) groups excluding carboxylic acids is 1. The van der Waals surface area contributed by atoms with Gasteiger partial charge in [-0.1, -0.05) is 29.8 Å². The summed E-state index contributed by atoms with van der Waals surface area (Å²) in [5.74, 6) is -0.123. The Morgan fingerprint density at radius 1 is 1.20 bits per heavy atom. The molecule has 0 bridgehead atoms. The van der Waals surface area contributed by atoms with Crippen molar-refractivity contribution in [1.82, 2.24) is 5.16 Å². The molecule has 0 aliphatic rings. The minimum atomic E-state index is -0.497. The van der Waals surface area contributed by atoms with Crippen LogP contribution in [-0.4, -0.2) is 30.4 Å². The summed E-state index contributed by atoms with van der Waals surface area (Å²) >= 11 is 5.95. The van der Waals surface area contributed by atoms with Crippen LogP contribution < -0.4 is 10.5 Å². The van der Waals surface area contributed by atoms with E-state index in [1.165, 1.54) is 0 Å². The predicted octanol–water partition coefficient (Wildman–Crippen LogP) is 3.47. The number of nitrogens with two attached hydrogens (primary N) is 1. The summed E-state index contributed by atoms with van der Waals surface area (Å²) in [5, 5.41) is 5.05. The molecule has 3 aromatic rings. The van der Waals surface area contributed by atoms with Gasteiger partial charge in [0.2, 0.25) is 0 Å². The molecule has 3 rings (SSSR count). The van der Waals surface area contributed by atoms with Gasteiger partial charge in [-0.25, -0.2) is 4.79 Å². The first-order chi connectivity index (χ1) is 11.6. The lowest BCUT2D eigenvalue weighted by Crippen LogP contribution is -2.33. The molecule has 1 heterocycles. The van der Waals surface area contributed by atoms with Gasteiger partial charge in [0, 0.05) is 5.02 Å². The van der Waals surface area contributed by atoms with Gasteiger partial charge in [-0.2, -0.15) is 0 Å². The highest BCUT2D eigenvalue weighted by Gasteiger charge is 2.14. The van der Waals surface area contributed by atoms with E-state index in [2.05, 4.69) is 5.16 Å². The molecule has 1 aromatic heterocycles. The summed E-state index contributed by atoms with van der Waals surface area (Å²) in [5.41, 5.74) is 6.95. The predicted molar refractivity (Wildman–Crippen MR) is 96.5 cm³/mol. The minimum Gasteiger partial charge on any atom is -0.473 e. The van der Waals surface area contributed by atoms with E-state index >= 15 is 0 Å². The van der Waals surface area contributed by atoms with Gasteiger partial charge in [0.15, 0.2) is 5.58 Å². The molecule has 0 aliphatic carbocycles. The van der Waals surface area contributed by atoms with Crippen molar-refractivity contribution < 1.29 is 18.8 Å². The number of hydrogen-bond acceptors (Lipinski definition) is 6. The summed E-state index contributed by atoms with van der Waals surface area (Å²) < 4.78 is 15.8. The second kappa shape index (κ2) is 8.71. The number of halogens is 2. The van der Waals surface area contributed by atoms with Gasteiger partial charge in [-0.05, 0) is 35.5 Å². The van der Waals surface area contributed by atoms with Crippen LogP contribution in [0.4, 0.5) is 0 Å². The molecule has 0 aliphatic heterocycles. The van der Waals surface area contributed by atoms with Crippen molar-refractivity contribution in [2.45, 2.75) is 6.04 Å². The fourth-order valence-electron chi connectivity index (χ4n) is 2.07. The van der Waals surface area contributed by atoms with E-state index in [0.717, 1.165) is 0 Å². The van der Waals surface area contributed by atoms with Gasteiger partial charge < -0.3 is 19.7 Å². The molecule has 8 heteroatoms. The molecule has 1 unspecified atom stereocenters. The Hall–Kier alpha value is -2.28. The number of esters is 1. The van der Waals surface area contributed by atoms with Crippen LogP contribution in [0, 0.1) is 0 Å². The Morgan fingerprint density at radius 3 is 2.72 bits per heavy atom. The lowest BCUT2D eigenvalue weighted by Gasteiger charge is -2.12. The molecule has 25 heavy (non-hydrogen) atoms. The number of fused-ring (bicyclic) bond motifs is 1. The average Bonchev–Trinajstić information content (AvgIpc) is 3.00.